The third kappa shape index (κ3) is 4.85. The number of rotatable bonds is 7. The number of aryl methyl sites for hydroxylation is 1. The zero-order valence-electron chi connectivity index (χ0n) is 20.4. The number of piperidine rings is 1. The van der Waals surface area contributed by atoms with E-state index in [4.69, 9.17) is 10.00 Å². The number of carbonyl (C=O) groups excluding carboxylic acids is 1. The average molecular weight is 470 g/mol. The van der Waals surface area contributed by atoms with Gasteiger partial charge in [-0.05, 0) is 78.8 Å². The number of aromatic nitrogens is 3. The number of likely N-dealkylation sites (tertiary alicyclic amines) is 1. The van der Waals surface area contributed by atoms with Crippen LogP contribution in [0.3, 0.4) is 0 Å². The molecule has 35 heavy (non-hydrogen) atoms. The molecule has 2 aliphatic rings. The van der Waals surface area contributed by atoms with Crippen molar-refractivity contribution in [2.75, 3.05) is 20.2 Å². The van der Waals surface area contributed by atoms with Crippen molar-refractivity contribution < 1.29 is 9.53 Å². The van der Waals surface area contributed by atoms with E-state index in [2.05, 4.69) is 34.2 Å². The van der Waals surface area contributed by atoms with Gasteiger partial charge in [-0.25, -0.2) is 4.98 Å². The van der Waals surface area contributed by atoms with Crippen molar-refractivity contribution in [2.24, 2.45) is 0 Å². The molecule has 1 saturated carbocycles. The lowest BCUT2D eigenvalue weighted by Crippen LogP contribution is -2.38. The Morgan fingerprint density at radius 3 is 2.51 bits per heavy atom. The molecule has 1 amide bonds. The van der Waals surface area contributed by atoms with Crippen LogP contribution in [-0.2, 0) is 17.8 Å². The maximum atomic E-state index is 13.7. The summed E-state index contributed by atoms with van der Waals surface area (Å²) in [6.45, 7) is 3.94. The van der Waals surface area contributed by atoms with Crippen LogP contribution in [-0.4, -0.2) is 46.2 Å². The second-order valence-corrected chi connectivity index (χ2v) is 9.56. The second-order valence-electron chi connectivity index (χ2n) is 9.56. The van der Waals surface area contributed by atoms with Crippen LogP contribution in [0.5, 0.6) is 0 Å². The third-order valence-corrected chi connectivity index (χ3v) is 7.25. The van der Waals surface area contributed by atoms with E-state index in [1.54, 1.807) is 7.11 Å². The summed E-state index contributed by atoms with van der Waals surface area (Å²) in [5, 5.41) is 16.4. The Morgan fingerprint density at radius 2 is 1.89 bits per heavy atom. The molecule has 3 aromatic rings. The molecule has 0 bridgehead atoms. The Labute approximate surface area is 206 Å². The highest BCUT2D eigenvalue weighted by Gasteiger charge is 2.31. The van der Waals surface area contributed by atoms with Gasteiger partial charge in [0.15, 0.2) is 11.6 Å². The van der Waals surface area contributed by atoms with E-state index in [1.807, 2.05) is 35.2 Å². The molecule has 180 valence electrons. The van der Waals surface area contributed by atoms with Gasteiger partial charge in [0.2, 0.25) is 0 Å². The number of aromatic amines is 1. The summed E-state index contributed by atoms with van der Waals surface area (Å²) in [6.07, 6.45) is 5.00. The predicted molar refractivity (Wildman–Crippen MR) is 133 cm³/mol. The molecule has 7 heteroatoms. The highest BCUT2D eigenvalue weighted by atomic mass is 16.5. The molecular formula is C28H31N5O2. The van der Waals surface area contributed by atoms with E-state index >= 15 is 0 Å². The van der Waals surface area contributed by atoms with Gasteiger partial charge >= 0.3 is 0 Å². The number of methoxy groups -OCH3 is 1. The normalized spacial score (nSPS) is 16.3. The summed E-state index contributed by atoms with van der Waals surface area (Å²) in [7, 11) is 1.63. The number of ether oxygens (including phenoxy) is 1. The Bertz CT molecular complexity index is 1250. The molecular weight excluding hydrogens is 438 g/mol. The summed E-state index contributed by atoms with van der Waals surface area (Å²) in [4.78, 5) is 20.3. The summed E-state index contributed by atoms with van der Waals surface area (Å²) in [6, 6.07) is 14.3. The molecule has 1 aromatic heterocycles. The Hall–Kier alpha value is -3.50. The van der Waals surface area contributed by atoms with Gasteiger partial charge in [0.05, 0.1) is 11.6 Å². The first kappa shape index (κ1) is 23.3. The number of H-pyrrole nitrogens is 1. The SMILES string of the molecule is CCc1cc(C2CC2)c(-c2n[nH]c(COC)n2)cc1C(=O)N1CCC(c2ccc(C#N)cc2)CC1. The van der Waals surface area contributed by atoms with Crippen molar-refractivity contribution in [3.8, 4) is 17.5 Å². The van der Waals surface area contributed by atoms with Crippen LogP contribution in [0.1, 0.15) is 82.9 Å². The predicted octanol–water partition coefficient (Wildman–Crippen LogP) is 4.95. The van der Waals surface area contributed by atoms with Gasteiger partial charge in [0.25, 0.3) is 5.91 Å². The van der Waals surface area contributed by atoms with Crippen molar-refractivity contribution in [1.29, 1.82) is 5.26 Å². The molecule has 1 aliphatic heterocycles. The first-order chi connectivity index (χ1) is 17.1. The standard InChI is InChI=1S/C28H31N5O2/c1-3-19-14-23(22-8-9-22)25(27-30-26(17-35-2)31-32-27)15-24(19)28(34)33-12-10-21(11-13-33)20-6-4-18(16-29)5-7-20/h4-7,14-15,21-22H,3,8-13,17H2,1-2H3,(H,30,31,32). The summed E-state index contributed by atoms with van der Waals surface area (Å²) < 4.78 is 5.19. The van der Waals surface area contributed by atoms with E-state index in [9.17, 15) is 4.79 Å². The molecule has 1 saturated heterocycles. The number of nitriles is 1. The zero-order chi connectivity index (χ0) is 24.4. The minimum atomic E-state index is 0.0939. The highest BCUT2D eigenvalue weighted by molar-refractivity contribution is 5.97. The zero-order valence-corrected chi connectivity index (χ0v) is 20.4. The minimum absolute atomic E-state index is 0.0939. The Morgan fingerprint density at radius 1 is 1.14 bits per heavy atom. The fourth-order valence-corrected chi connectivity index (χ4v) is 5.11. The van der Waals surface area contributed by atoms with Crippen LogP contribution in [0.25, 0.3) is 11.4 Å². The van der Waals surface area contributed by atoms with Crippen molar-refractivity contribution in [1.82, 2.24) is 20.1 Å². The number of nitrogens with one attached hydrogen (secondary N) is 1. The molecule has 2 heterocycles. The number of nitrogens with zero attached hydrogens (tertiary/aromatic N) is 4. The highest BCUT2D eigenvalue weighted by Crippen LogP contribution is 2.45. The summed E-state index contributed by atoms with van der Waals surface area (Å²) >= 11 is 0. The van der Waals surface area contributed by atoms with Gasteiger partial charge in [-0.2, -0.15) is 10.4 Å². The van der Waals surface area contributed by atoms with E-state index in [-0.39, 0.29) is 5.91 Å². The van der Waals surface area contributed by atoms with Crippen molar-refractivity contribution in [3.05, 3.63) is 70.0 Å². The summed E-state index contributed by atoms with van der Waals surface area (Å²) in [5.41, 5.74) is 6.00. The van der Waals surface area contributed by atoms with Gasteiger partial charge < -0.3 is 9.64 Å². The minimum Gasteiger partial charge on any atom is -0.377 e. The number of benzene rings is 2. The largest absolute Gasteiger partial charge is 0.377 e. The van der Waals surface area contributed by atoms with Gasteiger partial charge in [0, 0.05) is 31.3 Å². The second kappa shape index (κ2) is 10.0. The first-order valence-electron chi connectivity index (χ1n) is 12.5. The molecule has 2 fully saturated rings. The van der Waals surface area contributed by atoms with Crippen LogP contribution in [0.4, 0.5) is 0 Å². The molecule has 2 aromatic carbocycles. The summed E-state index contributed by atoms with van der Waals surface area (Å²) in [5.74, 6) is 2.35. The van der Waals surface area contributed by atoms with Crippen molar-refractivity contribution >= 4 is 5.91 Å². The van der Waals surface area contributed by atoms with Crippen molar-refractivity contribution in [3.63, 3.8) is 0 Å². The number of hydrogen-bond donors (Lipinski definition) is 1. The Kier molecular flexibility index (Phi) is 6.65. The monoisotopic (exact) mass is 469 g/mol. The van der Waals surface area contributed by atoms with E-state index in [1.165, 1.54) is 24.0 Å². The quantitative estimate of drug-likeness (QED) is 0.528. The lowest BCUT2D eigenvalue weighted by molar-refractivity contribution is 0.0712. The maximum absolute atomic E-state index is 13.7. The Balaban J connectivity index is 1.38. The smallest absolute Gasteiger partial charge is 0.254 e. The van der Waals surface area contributed by atoms with E-state index in [0.29, 0.717) is 35.7 Å². The molecule has 1 N–H and O–H groups in total. The van der Waals surface area contributed by atoms with Crippen LogP contribution in [0.2, 0.25) is 0 Å². The van der Waals surface area contributed by atoms with Gasteiger partial charge in [-0.1, -0.05) is 25.1 Å². The number of carbonyl (C=O) groups is 1. The lowest BCUT2D eigenvalue weighted by Gasteiger charge is -2.33. The van der Waals surface area contributed by atoms with Gasteiger partial charge in [-0.3, -0.25) is 9.89 Å². The molecule has 7 nitrogen and oxygen atoms in total. The van der Waals surface area contributed by atoms with Crippen LogP contribution in [0.15, 0.2) is 36.4 Å². The average Bonchev–Trinajstić information content (AvgIpc) is 3.66. The molecule has 1 aliphatic carbocycles. The fraction of sp³-hybridized carbons (Fsp3) is 0.429. The van der Waals surface area contributed by atoms with E-state index in [0.717, 1.165) is 49.0 Å². The number of hydrogen-bond acceptors (Lipinski definition) is 5. The molecule has 5 rings (SSSR count). The number of amides is 1. The van der Waals surface area contributed by atoms with E-state index < -0.39 is 0 Å². The first-order valence-corrected chi connectivity index (χ1v) is 12.5. The molecule has 0 radical (unpaired) electrons. The third-order valence-electron chi connectivity index (χ3n) is 7.25. The molecule has 0 atom stereocenters. The van der Waals surface area contributed by atoms with Crippen LogP contribution in [0, 0.1) is 11.3 Å². The van der Waals surface area contributed by atoms with Gasteiger partial charge in [0.1, 0.15) is 6.61 Å². The molecule has 0 unspecified atom stereocenters. The van der Waals surface area contributed by atoms with Crippen molar-refractivity contribution in [2.45, 2.75) is 57.5 Å². The fourth-order valence-electron chi connectivity index (χ4n) is 5.11. The maximum Gasteiger partial charge on any atom is 0.254 e. The van der Waals surface area contributed by atoms with Gasteiger partial charge in [-0.15, -0.1) is 0 Å². The topological polar surface area (TPSA) is 94.9 Å². The lowest BCUT2D eigenvalue weighted by atomic mass is 9.88. The van der Waals surface area contributed by atoms with Crippen LogP contribution < -0.4 is 0 Å². The van der Waals surface area contributed by atoms with Crippen LogP contribution >= 0.6 is 0 Å². The molecule has 0 spiro atoms.